The first kappa shape index (κ1) is 14.6. The molecule has 0 N–H and O–H groups in total. The number of hydrogen-bond donors (Lipinski definition) is 0. The molecule has 3 aliphatic rings. The van der Waals surface area contributed by atoms with E-state index in [1.54, 1.807) is 0 Å². The molecule has 1 saturated carbocycles. The van der Waals surface area contributed by atoms with Gasteiger partial charge in [-0.25, -0.2) is 0 Å². The van der Waals surface area contributed by atoms with Gasteiger partial charge in [0.2, 0.25) is 5.89 Å². The van der Waals surface area contributed by atoms with Crippen LogP contribution in [0.4, 0.5) is 0 Å². The van der Waals surface area contributed by atoms with E-state index >= 15 is 0 Å². The van der Waals surface area contributed by atoms with Crippen molar-refractivity contribution in [1.82, 2.24) is 15.0 Å². The monoisotopic (exact) mass is 307 g/mol. The van der Waals surface area contributed by atoms with E-state index in [9.17, 15) is 0 Å². The fourth-order valence-electron chi connectivity index (χ4n) is 4.12. The summed E-state index contributed by atoms with van der Waals surface area (Å²) in [5, 5.41) is 4.29. The summed E-state index contributed by atoms with van der Waals surface area (Å²) in [6, 6.07) is 0. The van der Waals surface area contributed by atoms with Crippen LogP contribution in [-0.2, 0) is 15.0 Å². The van der Waals surface area contributed by atoms with E-state index in [0.717, 1.165) is 70.5 Å². The molecule has 6 heteroatoms. The molecule has 4 rings (SSSR count). The van der Waals surface area contributed by atoms with Gasteiger partial charge in [0.05, 0.1) is 19.8 Å². The highest BCUT2D eigenvalue weighted by Gasteiger charge is 2.45. The lowest BCUT2D eigenvalue weighted by Crippen LogP contribution is -2.52. The summed E-state index contributed by atoms with van der Waals surface area (Å²) >= 11 is 0. The molecule has 1 aromatic heterocycles. The normalized spacial score (nSPS) is 29.7. The quantitative estimate of drug-likeness (QED) is 0.852. The summed E-state index contributed by atoms with van der Waals surface area (Å²) in [5.74, 6) is 1.98. The van der Waals surface area contributed by atoms with Crippen LogP contribution in [0.15, 0.2) is 4.52 Å². The molecule has 122 valence electrons. The largest absolute Gasteiger partial charge is 0.381 e. The van der Waals surface area contributed by atoms with Crippen molar-refractivity contribution >= 4 is 0 Å². The molecule has 1 aromatic rings. The number of morpholine rings is 1. The Kier molecular flexibility index (Phi) is 4.15. The smallest absolute Gasteiger partial charge is 0.247 e. The predicted octanol–water partition coefficient (Wildman–Crippen LogP) is 2.07. The Balaban J connectivity index is 1.62. The fourth-order valence-corrected chi connectivity index (χ4v) is 4.12. The number of aromatic nitrogens is 2. The first-order chi connectivity index (χ1) is 10.9. The maximum absolute atomic E-state index is 5.77. The third-order valence-electron chi connectivity index (χ3n) is 5.43. The third-order valence-corrected chi connectivity index (χ3v) is 5.43. The zero-order valence-electron chi connectivity index (χ0n) is 13.1. The molecule has 0 bridgehead atoms. The molecule has 2 aliphatic heterocycles. The van der Waals surface area contributed by atoms with Gasteiger partial charge in [-0.05, 0) is 19.3 Å². The van der Waals surface area contributed by atoms with Gasteiger partial charge in [-0.3, -0.25) is 4.90 Å². The van der Waals surface area contributed by atoms with E-state index < -0.39 is 0 Å². The molecule has 0 unspecified atom stereocenters. The molecule has 2 saturated heterocycles. The molecule has 0 radical (unpaired) electrons. The van der Waals surface area contributed by atoms with Gasteiger partial charge in [0.1, 0.15) is 5.54 Å². The van der Waals surface area contributed by atoms with Gasteiger partial charge in [0.15, 0.2) is 5.82 Å². The highest BCUT2D eigenvalue weighted by Crippen LogP contribution is 2.42. The highest BCUT2D eigenvalue weighted by molar-refractivity contribution is 5.09. The minimum absolute atomic E-state index is 0.0628. The molecule has 0 amide bonds. The molecule has 0 aromatic carbocycles. The van der Waals surface area contributed by atoms with E-state index in [0.29, 0.717) is 5.92 Å². The average molecular weight is 307 g/mol. The van der Waals surface area contributed by atoms with Crippen molar-refractivity contribution < 1.29 is 14.0 Å². The Labute approximate surface area is 131 Å². The van der Waals surface area contributed by atoms with Crippen molar-refractivity contribution in [2.24, 2.45) is 0 Å². The SMILES string of the molecule is C1CCC(c2nc([C@@H]3CCOC3)no2)(N2CCOCC2)CC1. The van der Waals surface area contributed by atoms with Crippen LogP contribution in [-0.4, -0.2) is 54.6 Å². The Morgan fingerprint density at radius 2 is 1.82 bits per heavy atom. The van der Waals surface area contributed by atoms with Crippen LogP contribution < -0.4 is 0 Å². The van der Waals surface area contributed by atoms with Crippen molar-refractivity contribution in [2.75, 3.05) is 39.5 Å². The summed E-state index contributed by atoms with van der Waals surface area (Å²) in [6.45, 7) is 5.07. The van der Waals surface area contributed by atoms with E-state index in [4.69, 9.17) is 19.0 Å². The van der Waals surface area contributed by atoms with Gasteiger partial charge < -0.3 is 14.0 Å². The fraction of sp³-hybridized carbons (Fsp3) is 0.875. The third kappa shape index (κ3) is 2.57. The van der Waals surface area contributed by atoms with Gasteiger partial charge >= 0.3 is 0 Å². The van der Waals surface area contributed by atoms with Crippen LogP contribution in [0.25, 0.3) is 0 Å². The summed E-state index contributed by atoms with van der Waals surface area (Å²) in [7, 11) is 0. The van der Waals surface area contributed by atoms with Crippen molar-refractivity contribution in [3.63, 3.8) is 0 Å². The molecule has 22 heavy (non-hydrogen) atoms. The zero-order valence-corrected chi connectivity index (χ0v) is 13.1. The second kappa shape index (κ2) is 6.26. The van der Waals surface area contributed by atoms with Crippen LogP contribution in [0.2, 0.25) is 0 Å². The van der Waals surface area contributed by atoms with E-state index in [-0.39, 0.29) is 5.54 Å². The van der Waals surface area contributed by atoms with Gasteiger partial charge in [-0.15, -0.1) is 0 Å². The summed E-state index contributed by atoms with van der Waals surface area (Å²) in [4.78, 5) is 7.35. The Bertz CT molecular complexity index is 487. The van der Waals surface area contributed by atoms with Crippen molar-refractivity contribution in [2.45, 2.75) is 50.0 Å². The molecule has 3 fully saturated rings. The Morgan fingerprint density at radius 1 is 1.00 bits per heavy atom. The van der Waals surface area contributed by atoms with Gasteiger partial charge in [0.25, 0.3) is 0 Å². The van der Waals surface area contributed by atoms with Crippen LogP contribution in [0.3, 0.4) is 0 Å². The van der Waals surface area contributed by atoms with Gasteiger partial charge in [-0.1, -0.05) is 24.4 Å². The Hall–Kier alpha value is -0.980. The molecule has 1 aliphatic carbocycles. The van der Waals surface area contributed by atoms with E-state index in [1.807, 2.05) is 0 Å². The maximum Gasteiger partial charge on any atom is 0.247 e. The van der Waals surface area contributed by atoms with Crippen LogP contribution in [0.5, 0.6) is 0 Å². The average Bonchev–Trinajstić information content (AvgIpc) is 3.28. The number of rotatable bonds is 3. The summed E-state index contributed by atoms with van der Waals surface area (Å²) < 4.78 is 16.8. The topological polar surface area (TPSA) is 60.6 Å². The second-order valence-electron chi connectivity index (χ2n) is 6.71. The molecule has 1 atom stereocenters. The van der Waals surface area contributed by atoms with Crippen LogP contribution in [0, 0.1) is 0 Å². The number of hydrogen-bond acceptors (Lipinski definition) is 6. The molecular weight excluding hydrogens is 282 g/mol. The minimum atomic E-state index is -0.0628. The van der Waals surface area contributed by atoms with Crippen LogP contribution in [0.1, 0.15) is 56.2 Å². The minimum Gasteiger partial charge on any atom is -0.381 e. The first-order valence-electron chi connectivity index (χ1n) is 8.63. The zero-order chi connectivity index (χ0) is 14.8. The maximum atomic E-state index is 5.77. The standard InChI is InChI=1S/C16H25N3O3/c1-2-5-16(6-3-1,19-7-10-20-11-8-19)15-17-14(18-22-15)13-4-9-21-12-13/h13H,1-12H2/t13-/m1/s1. The lowest BCUT2D eigenvalue weighted by Gasteiger charge is -2.45. The molecule has 0 spiro atoms. The van der Waals surface area contributed by atoms with Gasteiger partial charge in [-0.2, -0.15) is 4.98 Å². The Morgan fingerprint density at radius 3 is 2.55 bits per heavy atom. The highest BCUT2D eigenvalue weighted by atomic mass is 16.5. The van der Waals surface area contributed by atoms with E-state index in [2.05, 4.69) is 10.1 Å². The lowest BCUT2D eigenvalue weighted by atomic mass is 9.79. The van der Waals surface area contributed by atoms with Crippen molar-refractivity contribution in [3.8, 4) is 0 Å². The molecular formula is C16H25N3O3. The molecule has 6 nitrogen and oxygen atoms in total. The van der Waals surface area contributed by atoms with Crippen molar-refractivity contribution in [1.29, 1.82) is 0 Å². The van der Waals surface area contributed by atoms with Gasteiger partial charge in [0, 0.05) is 25.6 Å². The number of nitrogens with zero attached hydrogens (tertiary/aromatic N) is 3. The van der Waals surface area contributed by atoms with Crippen molar-refractivity contribution in [3.05, 3.63) is 11.7 Å². The molecule has 3 heterocycles. The second-order valence-corrected chi connectivity index (χ2v) is 6.71. The summed E-state index contributed by atoms with van der Waals surface area (Å²) in [6.07, 6.45) is 7.03. The van der Waals surface area contributed by atoms with E-state index in [1.165, 1.54) is 19.3 Å². The number of ether oxygens (including phenoxy) is 2. The first-order valence-corrected chi connectivity index (χ1v) is 8.63. The lowest BCUT2D eigenvalue weighted by molar-refractivity contribution is -0.0535. The predicted molar refractivity (Wildman–Crippen MR) is 79.6 cm³/mol. The summed E-state index contributed by atoms with van der Waals surface area (Å²) in [5.41, 5.74) is -0.0628. The van der Waals surface area contributed by atoms with Crippen LogP contribution >= 0.6 is 0 Å².